The summed E-state index contributed by atoms with van der Waals surface area (Å²) < 4.78 is 18.2. The van der Waals surface area contributed by atoms with Gasteiger partial charge in [-0.3, -0.25) is 9.59 Å². The summed E-state index contributed by atoms with van der Waals surface area (Å²) in [7, 11) is 0. The number of rotatable bonds is 6. The van der Waals surface area contributed by atoms with Gasteiger partial charge in [0.25, 0.3) is 5.91 Å². The molecule has 0 aromatic heterocycles. The highest BCUT2D eigenvalue weighted by molar-refractivity contribution is 5.99. The summed E-state index contributed by atoms with van der Waals surface area (Å²) in [6, 6.07) is 11.4. The van der Waals surface area contributed by atoms with Crippen molar-refractivity contribution in [3.05, 3.63) is 59.4 Å². The molecule has 2 amide bonds. The van der Waals surface area contributed by atoms with Crippen LogP contribution in [0.2, 0.25) is 0 Å². The average molecular weight is 328 g/mol. The molecule has 1 aliphatic rings. The van der Waals surface area contributed by atoms with Crippen LogP contribution in [0.15, 0.2) is 42.5 Å². The Labute approximate surface area is 138 Å². The second-order valence-corrected chi connectivity index (χ2v) is 5.56. The lowest BCUT2D eigenvalue weighted by Crippen LogP contribution is -2.30. The van der Waals surface area contributed by atoms with Crippen LogP contribution in [-0.4, -0.2) is 25.0 Å². The Morgan fingerprint density at radius 2 is 2.12 bits per heavy atom. The molecule has 6 heteroatoms. The molecule has 2 aromatic carbocycles. The van der Waals surface area contributed by atoms with Gasteiger partial charge in [-0.1, -0.05) is 18.2 Å². The molecule has 5 nitrogen and oxygen atoms in total. The summed E-state index contributed by atoms with van der Waals surface area (Å²) >= 11 is 0. The molecule has 0 fully saturated rings. The van der Waals surface area contributed by atoms with Gasteiger partial charge < -0.3 is 15.4 Å². The van der Waals surface area contributed by atoms with E-state index < -0.39 is 5.82 Å². The number of ether oxygens (including phenoxy) is 1. The molecule has 3 rings (SSSR count). The van der Waals surface area contributed by atoms with Crippen LogP contribution in [0.25, 0.3) is 0 Å². The third-order valence-electron chi connectivity index (χ3n) is 3.70. The molecule has 124 valence electrons. The van der Waals surface area contributed by atoms with E-state index in [0.717, 1.165) is 16.8 Å². The van der Waals surface area contributed by atoms with Crippen molar-refractivity contribution < 1.29 is 18.7 Å². The highest BCUT2D eigenvalue weighted by atomic mass is 19.1. The SMILES string of the molecule is O=C(COc1cccc(F)c1)NCCc1ccc2c(c1)CC(=O)N2. The van der Waals surface area contributed by atoms with Gasteiger partial charge in [0.05, 0.1) is 6.42 Å². The number of nitrogens with one attached hydrogen (secondary N) is 2. The van der Waals surface area contributed by atoms with Crippen LogP contribution in [-0.2, 0) is 22.4 Å². The maximum atomic E-state index is 13.0. The number of fused-ring (bicyclic) bond motifs is 1. The molecule has 0 aliphatic carbocycles. The van der Waals surface area contributed by atoms with E-state index in [1.807, 2.05) is 18.2 Å². The lowest BCUT2D eigenvalue weighted by molar-refractivity contribution is -0.123. The van der Waals surface area contributed by atoms with E-state index in [4.69, 9.17) is 4.74 Å². The van der Waals surface area contributed by atoms with E-state index in [0.29, 0.717) is 25.1 Å². The third kappa shape index (κ3) is 4.10. The number of hydrogen-bond donors (Lipinski definition) is 2. The van der Waals surface area contributed by atoms with Gasteiger partial charge in [0.1, 0.15) is 11.6 Å². The van der Waals surface area contributed by atoms with Gasteiger partial charge in [-0.15, -0.1) is 0 Å². The molecule has 0 saturated heterocycles. The van der Waals surface area contributed by atoms with Crippen molar-refractivity contribution in [2.75, 3.05) is 18.5 Å². The van der Waals surface area contributed by atoms with Crippen molar-refractivity contribution in [1.82, 2.24) is 5.32 Å². The molecule has 1 aliphatic heterocycles. The molecule has 0 radical (unpaired) electrons. The van der Waals surface area contributed by atoms with Gasteiger partial charge in [0, 0.05) is 18.3 Å². The Bertz CT molecular complexity index is 777. The topological polar surface area (TPSA) is 67.4 Å². The van der Waals surface area contributed by atoms with Gasteiger partial charge in [-0.2, -0.15) is 0 Å². The molecule has 1 heterocycles. The van der Waals surface area contributed by atoms with Crippen LogP contribution in [0.4, 0.5) is 10.1 Å². The van der Waals surface area contributed by atoms with Crippen molar-refractivity contribution in [3.63, 3.8) is 0 Å². The van der Waals surface area contributed by atoms with E-state index in [-0.39, 0.29) is 18.4 Å². The zero-order chi connectivity index (χ0) is 16.9. The molecule has 0 unspecified atom stereocenters. The maximum Gasteiger partial charge on any atom is 0.257 e. The van der Waals surface area contributed by atoms with E-state index in [2.05, 4.69) is 10.6 Å². The quantitative estimate of drug-likeness (QED) is 0.853. The third-order valence-corrected chi connectivity index (χ3v) is 3.70. The van der Waals surface area contributed by atoms with E-state index in [1.54, 1.807) is 6.07 Å². The van der Waals surface area contributed by atoms with Gasteiger partial charge in [0.2, 0.25) is 5.91 Å². The van der Waals surface area contributed by atoms with Crippen LogP contribution in [0.1, 0.15) is 11.1 Å². The minimum atomic E-state index is -0.405. The Balaban J connectivity index is 1.42. The van der Waals surface area contributed by atoms with Crippen molar-refractivity contribution in [2.24, 2.45) is 0 Å². The van der Waals surface area contributed by atoms with Gasteiger partial charge in [-0.05, 0) is 35.7 Å². The van der Waals surface area contributed by atoms with Gasteiger partial charge >= 0.3 is 0 Å². The summed E-state index contributed by atoms with van der Waals surface area (Å²) in [5.41, 5.74) is 2.89. The molecular weight excluding hydrogens is 311 g/mol. The normalized spacial score (nSPS) is 12.5. The first kappa shape index (κ1) is 16.0. The van der Waals surface area contributed by atoms with Crippen LogP contribution < -0.4 is 15.4 Å². The smallest absolute Gasteiger partial charge is 0.257 e. The highest BCUT2D eigenvalue weighted by Crippen LogP contribution is 2.23. The first-order chi connectivity index (χ1) is 11.6. The molecular formula is C18H17FN2O3. The Hall–Kier alpha value is -2.89. The monoisotopic (exact) mass is 328 g/mol. The van der Waals surface area contributed by atoms with Crippen molar-refractivity contribution in [2.45, 2.75) is 12.8 Å². The minimum absolute atomic E-state index is 0.00458. The molecule has 2 N–H and O–H groups in total. The van der Waals surface area contributed by atoms with Gasteiger partial charge in [0.15, 0.2) is 6.61 Å². The fourth-order valence-electron chi connectivity index (χ4n) is 2.54. The number of benzene rings is 2. The maximum absolute atomic E-state index is 13.0. The number of hydrogen-bond acceptors (Lipinski definition) is 3. The Morgan fingerprint density at radius 3 is 2.96 bits per heavy atom. The Morgan fingerprint density at radius 1 is 1.25 bits per heavy atom. The lowest BCUT2D eigenvalue weighted by atomic mass is 10.1. The largest absolute Gasteiger partial charge is 0.484 e. The lowest BCUT2D eigenvalue weighted by Gasteiger charge is -2.08. The van der Waals surface area contributed by atoms with Crippen LogP contribution >= 0.6 is 0 Å². The molecule has 0 spiro atoms. The average Bonchev–Trinajstić information content (AvgIpc) is 2.92. The zero-order valence-electron chi connectivity index (χ0n) is 13.0. The van der Waals surface area contributed by atoms with E-state index in [9.17, 15) is 14.0 Å². The zero-order valence-corrected chi connectivity index (χ0v) is 13.0. The second kappa shape index (κ2) is 7.12. The number of amides is 2. The van der Waals surface area contributed by atoms with Crippen molar-refractivity contribution in [1.29, 1.82) is 0 Å². The highest BCUT2D eigenvalue weighted by Gasteiger charge is 2.17. The number of carbonyl (C=O) groups excluding carboxylic acids is 2. The summed E-state index contributed by atoms with van der Waals surface area (Å²) in [4.78, 5) is 23.1. The summed E-state index contributed by atoms with van der Waals surface area (Å²) in [5.74, 6) is -0.347. The number of carbonyl (C=O) groups is 2. The molecule has 0 atom stereocenters. The molecule has 24 heavy (non-hydrogen) atoms. The van der Waals surface area contributed by atoms with E-state index in [1.165, 1.54) is 18.2 Å². The van der Waals surface area contributed by atoms with Crippen LogP contribution in [0.5, 0.6) is 5.75 Å². The first-order valence-corrected chi connectivity index (χ1v) is 7.67. The number of halogens is 1. The summed E-state index contributed by atoms with van der Waals surface area (Å²) in [5, 5.41) is 5.54. The fraction of sp³-hybridized carbons (Fsp3) is 0.222. The minimum Gasteiger partial charge on any atom is -0.484 e. The van der Waals surface area contributed by atoms with Crippen molar-refractivity contribution in [3.8, 4) is 5.75 Å². The van der Waals surface area contributed by atoms with Crippen LogP contribution in [0.3, 0.4) is 0 Å². The predicted octanol–water partition coefficient (Wildman–Crippen LogP) is 2.06. The first-order valence-electron chi connectivity index (χ1n) is 7.67. The fourth-order valence-corrected chi connectivity index (χ4v) is 2.54. The molecule has 2 aromatic rings. The van der Waals surface area contributed by atoms with E-state index >= 15 is 0 Å². The standard InChI is InChI=1S/C18H17FN2O3/c19-14-2-1-3-15(10-14)24-11-18(23)20-7-6-12-4-5-16-13(8-12)9-17(22)21-16/h1-5,8,10H,6-7,9,11H2,(H,20,23)(H,21,22). The second-order valence-electron chi connectivity index (χ2n) is 5.56. The van der Waals surface area contributed by atoms with Crippen molar-refractivity contribution >= 4 is 17.5 Å². The van der Waals surface area contributed by atoms with Gasteiger partial charge in [-0.25, -0.2) is 4.39 Å². The predicted molar refractivity (Wildman–Crippen MR) is 87.4 cm³/mol. The summed E-state index contributed by atoms with van der Waals surface area (Å²) in [6.07, 6.45) is 1.06. The molecule has 0 bridgehead atoms. The number of anilines is 1. The molecule has 0 saturated carbocycles. The summed E-state index contributed by atoms with van der Waals surface area (Å²) in [6.45, 7) is 0.303. The van der Waals surface area contributed by atoms with Crippen LogP contribution in [0, 0.1) is 5.82 Å². The Kier molecular flexibility index (Phi) is 4.74.